The largest absolute Gasteiger partial charge is 0.368 e. The molecule has 0 aliphatic carbocycles. The predicted octanol–water partition coefficient (Wildman–Crippen LogP) is 3.21. The lowest BCUT2D eigenvalue weighted by atomic mass is 10.2. The quantitative estimate of drug-likeness (QED) is 0.733. The van der Waals surface area contributed by atoms with Crippen LogP contribution >= 0.6 is 22.6 Å². The van der Waals surface area contributed by atoms with Gasteiger partial charge in [-0.1, -0.05) is 12.1 Å². The number of benzene rings is 2. The third-order valence-corrected chi connectivity index (χ3v) is 5.27. The standard InChI is InChI=1S/C19H20IN3O2/c1-14(24)22-10-12-23(13-11-22)16-8-6-15(7-9-16)21-19(25)17-4-2-3-5-18(17)20/h2-9H,10-13H2,1H3,(H,21,25). The zero-order valence-corrected chi connectivity index (χ0v) is 16.2. The summed E-state index contributed by atoms with van der Waals surface area (Å²) in [5, 5.41) is 2.94. The molecule has 130 valence electrons. The second-order valence-corrected chi connectivity index (χ2v) is 7.14. The average molecular weight is 449 g/mol. The molecule has 5 nitrogen and oxygen atoms in total. The van der Waals surface area contributed by atoms with Crippen molar-refractivity contribution in [2.45, 2.75) is 6.92 Å². The first-order valence-electron chi connectivity index (χ1n) is 8.21. The van der Waals surface area contributed by atoms with E-state index < -0.39 is 0 Å². The number of hydrogen-bond acceptors (Lipinski definition) is 3. The Bertz CT molecular complexity index is 768. The van der Waals surface area contributed by atoms with Gasteiger partial charge in [0.15, 0.2) is 0 Å². The maximum Gasteiger partial charge on any atom is 0.256 e. The van der Waals surface area contributed by atoms with Crippen molar-refractivity contribution in [2.24, 2.45) is 0 Å². The number of rotatable bonds is 3. The van der Waals surface area contributed by atoms with Crippen LogP contribution in [0, 0.1) is 3.57 Å². The predicted molar refractivity (Wildman–Crippen MR) is 108 cm³/mol. The number of amides is 2. The summed E-state index contributed by atoms with van der Waals surface area (Å²) in [6, 6.07) is 15.4. The topological polar surface area (TPSA) is 52.7 Å². The van der Waals surface area contributed by atoms with Crippen molar-refractivity contribution < 1.29 is 9.59 Å². The van der Waals surface area contributed by atoms with E-state index >= 15 is 0 Å². The van der Waals surface area contributed by atoms with E-state index in [2.05, 4.69) is 32.8 Å². The van der Waals surface area contributed by atoms with E-state index in [1.165, 1.54) is 0 Å². The van der Waals surface area contributed by atoms with Gasteiger partial charge in [-0.15, -0.1) is 0 Å². The molecule has 0 atom stereocenters. The van der Waals surface area contributed by atoms with Crippen LogP contribution in [0.25, 0.3) is 0 Å². The van der Waals surface area contributed by atoms with Gasteiger partial charge in [-0.3, -0.25) is 9.59 Å². The highest BCUT2D eigenvalue weighted by Crippen LogP contribution is 2.21. The van der Waals surface area contributed by atoms with Crippen molar-refractivity contribution in [3.05, 3.63) is 57.7 Å². The van der Waals surface area contributed by atoms with Crippen LogP contribution in [0.5, 0.6) is 0 Å². The van der Waals surface area contributed by atoms with Gasteiger partial charge in [-0.05, 0) is 59.0 Å². The van der Waals surface area contributed by atoms with Gasteiger partial charge in [0.05, 0.1) is 5.56 Å². The van der Waals surface area contributed by atoms with Crippen LogP contribution in [0.4, 0.5) is 11.4 Å². The molecule has 1 aliphatic heterocycles. The second-order valence-electron chi connectivity index (χ2n) is 5.97. The number of hydrogen-bond donors (Lipinski definition) is 1. The molecule has 2 amide bonds. The Morgan fingerprint density at radius 3 is 2.20 bits per heavy atom. The Balaban J connectivity index is 1.62. The first kappa shape index (κ1) is 17.7. The first-order valence-corrected chi connectivity index (χ1v) is 9.29. The van der Waals surface area contributed by atoms with Crippen LogP contribution in [0.1, 0.15) is 17.3 Å². The van der Waals surface area contributed by atoms with Gasteiger partial charge < -0.3 is 15.1 Å². The molecule has 2 aromatic rings. The fourth-order valence-electron chi connectivity index (χ4n) is 2.88. The summed E-state index contributed by atoms with van der Waals surface area (Å²) in [7, 11) is 0. The maximum atomic E-state index is 12.4. The maximum absolute atomic E-state index is 12.4. The molecule has 25 heavy (non-hydrogen) atoms. The molecule has 0 bridgehead atoms. The van der Waals surface area contributed by atoms with E-state index in [1.54, 1.807) is 6.92 Å². The molecule has 3 rings (SSSR count). The van der Waals surface area contributed by atoms with E-state index in [-0.39, 0.29) is 11.8 Å². The van der Waals surface area contributed by atoms with Crippen LogP contribution < -0.4 is 10.2 Å². The third kappa shape index (κ3) is 4.31. The minimum atomic E-state index is -0.104. The molecular weight excluding hydrogens is 429 g/mol. The lowest BCUT2D eigenvalue weighted by molar-refractivity contribution is -0.129. The van der Waals surface area contributed by atoms with Crippen LogP contribution in [0.15, 0.2) is 48.5 Å². The molecule has 0 radical (unpaired) electrons. The lowest BCUT2D eigenvalue weighted by Crippen LogP contribution is -2.48. The van der Waals surface area contributed by atoms with Crippen LogP contribution in [-0.4, -0.2) is 42.9 Å². The fraction of sp³-hybridized carbons (Fsp3) is 0.263. The smallest absolute Gasteiger partial charge is 0.256 e. The zero-order valence-electron chi connectivity index (χ0n) is 14.0. The first-order chi connectivity index (χ1) is 12.0. The number of carbonyl (C=O) groups excluding carboxylic acids is 2. The molecule has 0 unspecified atom stereocenters. The molecule has 1 heterocycles. The molecule has 6 heteroatoms. The van der Waals surface area contributed by atoms with Gasteiger partial charge in [0, 0.05) is 48.0 Å². The molecule has 0 aromatic heterocycles. The van der Waals surface area contributed by atoms with Crippen molar-refractivity contribution in [1.82, 2.24) is 4.90 Å². The number of nitrogens with zero attached hydrogens (tertiary/aromatic N) is 2. The third-order valence-electron chi connectivity index (χ3n) is 4.33. The number of carbonyl (C=O) groups is 2. The molecular formula is C19H20IN3O2. The van der Waals surface area contributed by atoms with E-state index in [0.717, 1.165) is 41.1 Å². The van der Waals surface area contributed by atoms with E-state index in [9.17, 15) is 9.59 Å². The normalized spacial score (nSPS) is 14.3. The van der Waals surface area contributed by atoms with Crippen LogP contribution in [0.3, 0.4) is 0 Å². The summed E-state index contributed by atoms with van der Waals surface area (Å²) in [6.45, 7) is 4.77. The highest BCUT2D eigenvalue weighted by molar-refractivity contribution is 14.1. The van der Waals surface area contributed by atoms with Gasteiger partial charge in [-0.2, -0.15) is 0 Å². The molecule has 1 N–H and O–H groups in total. The second kappa shape index (κ2) is 7.86. The van der Waals surface area contributed by atoms with Gasteiger partial charge in [0.1, 0.15) is 0 Å². The summed E-state index contributed by atoms with van der Waals surface area (Å²) in [5.74, 6) is 0.0288. The van der Waals surface area contributed by atoms with E-state index in [0.29, 0.717) is 5.56 Å². The molecule has 0 saturated carbocycles. The molecule has 0 spiro atoms. The highest BCUT2D eigenvalue weighted by Gasteiger charge is 2.18. The summed E-state index contributed by atoms with van der Waals surface area (Å²) in [5.41, 5.74) is 2.55. The van der Waals surface area contributed by atoms with Crippen molar-refractivity contribution in [3.63, 3.8) is 0 Å². The van der Waals surface area contributed by atoms with Gasteiger partial charge in [-0.25, -0.2) is 0 Å². The van der Waals surface area contributed by atoms with Gasteiger partial charge >= 0.3 is 0 Å². The number of piperazine rings is 1. The number of anilines is 2. The fourth-order valence-corrected chi connectivity index (χ4v) is 3.51. The molecule has 1 aliphatic rings. The van der Waals surface area contributed by atoms with Crippen molar-refractivity contribution >= 4 is 45.8 Å². The minimum absolute atomic E-state index is 0.104. The summed E-state index contributed by atoms with van der Waals surface area (Å²) in [6.07, 6.45) is 0. The monoisotopic (exact) mass is 449 g/mol. The SMILES string of the molecule is CC(=O)N1CCN(c2ccc(NC(=O)c3ccccc3I)cc2)CC1. The average Bonchev–Trinajstić information content (AvgIpc) is 2.63. The van der Waals surface area contributed by atoms with E-state index in [4.69, 9.17) is 0 Å². The molecule has 1 saturated heterocycles. The zero-order chi connectivity index (χ0) is 17.8. The van der Waals surface area contributed by atoms with Crippen molar-refractivity contribution in [3.8, 4) is 0 Å². The Kier molecular flexibility index (Phi) is 5.57. The van der Waals surface area contributed by atoms with Crippen LogP contribution in [0.2, 0.25) is 0 Å². The Morgan fingerprint density at radius 2 is 1.60 bits per heavy atom. The summed E-state index contributed by atoms with van der Waals surface area (Å²) < 4.78 is 0.928. The highest BCUT2D eigenvalue weighted by atomic mass is 127. The molecule has 2 aromatic carbocycles. The molecule has 1 fully saturated rings. The Morgan fingerprint density at radius 1 is 0.960 bits per heavy atom. The van der Waals surface area contributed by atoms with Crippen molar-refractivity contribution in [1.29, 1.82) is 0 Å². The Labute approximate surface area is 161 Å². The summed E-state index contributed by atoms with van der Waals surface area (Å²) >= 11 is 2.16. The lowest BCUT2D eigenvalue weighted by Gasteiger charge is -2.35. The van der Waals surface area contributed by atoms with Gasteiger partial charge in [0.25, 0.3) is 5.91 Å². The van der Waals surface area contributed by atoms with Gasteiger partial charge in [0.2, 0.25) is 5.91 Å². The van der Waals surface area contributed by atoms with E-state index in [1.807, 2.05) is 53.4 Å². The Hall–Kier alpha value is -2.09. The summed E-state index contributed by atoms with van der Waals surface area (Å²) in [4.78, 5) is 27.9. The number of halogens is 1. The number of nitrogens with one attached hydrogen (secondary N) is 1. The van der Waals surface area contributed by atoms with Crippen molar-refractivity contribution in [2.75, 3.05) is 36.4 Å². The minimum Gasteiger partial charge on any atom is -0.368 e. The van der Waals surface area contributed by atoms with Crippen LogP contribution in [-0.2, 0) is 4.79 Å².